The Kier molecular flexibility index (Phi) is 4.29. The van der Waals surface area contributed by atoms with Crippen LogP contribution in [-0.4, -0.2) is 51.1 Å². The van der Waals surface area contributed by atoms with Crippen molar-refractivity contribution in [2.24, 2.45) is 7.05 Å². The molecule has 4 heterocycles. The van der Waals surface area contributed by atoms with Crippen molar-refractivity contribution in [3.8, 4) is 11.4 Å². The zero-order valence-electron chi connectivity index (χ0n) is 14.5. The third kappa shape index (κ3) is 3.02. The molecule has 3 aromatic heterocycles. The first-order valence-electron chi connectivity index (χ1n) is 8.35. The molecule has 0 aromatic carbocycles. The van der Waals surface area contributed by atoms with Crippen LogP contribution in [0.1, 0.15) is 16.6 Å². The van der Waals surface area contributed by atoms with Crippen molar-refractivity contribution in [3.05, 3.63) is 45.8 Å². The van der Waals surface area contributed by atoms with Gasteiger partial charge in [0.25, 0.3) is 11.5 Å². The van der Waals surface area contributed by atoms with Crippen LogP contribution in [0, 0.1) is 0 Å². The molecule has 0 aliphatic carbocycles. The third-order valence-corrected chi connectivity index (χ3v) is 5.50. The number of aromatic nitrogens is 3. The molecule has 134 valence electrons. The lowest BCUT2D eigenvalue weighted by atomic mass is 10.2. The Labute approximate surface area is 153 Å². The average Bonchev–Trinajstić information content (AvgIpc) is 3.07. The van der Waals surface area contributed by atoms with Crippen molar-refractivity contribution in [3.63, 3.8) is 0 Å². The molecule has 7 nitrogen and oxygen atoms in total. The van der Waals surface area contributed by atoms with Crippen molar-refractivity contribution in [2.75, 3.05) is 19.8 Å². The first kappa shape index (κ1) is 16.9. The van der Waals surface area contributed by atoms with Crippen molar-refractivity contribution in [1.82, 2.24) is 19.4 Å². The first-order chi connectivity index (χ1) is 12.5. The molecule has 1 aliphatic rings. The smallest absolute Gasteiger partial charge is 0.264 e. The van der Waals surface area contributed by atoms with E-state index in [4.69, 9.17) is 4.74 Å². The first-order valence-corrected chi connectivity index (χ1v) is 9.17. The number of nitrogens with zero attached hydrogens (tertiary/aromatic N) is 4. The Morgan fingerprint density at radius 2 is 2.15 bits per heavy atom. The molecule has 1 saturated heterocycles. The number of fused-ring (bicyclic) bond motifs is 1. The lowest BCUT2D eigenvalue weighted by molar-refractivity contribution is 0.00387. The summed E-state index contributed by atoms with van der Waals surface area (Å²) in [5.74, 6) is 0.0112. The van der Waals surface area contributed by atoms with Crippen LogP contribution in [0.25, 0.3) is 21.6 Å². The molecule has 0 radical (unpaired) electrons. The summed E-state index contributed by atoms with van der Waals surface area (Å²) in [6.45, 7) is 3.72. The Morgan fingerprint density at radius 1 is 1.31 bits per heavy atom. The molecule has 1 fully saturated rings. The zero-order valence-corrected chi connectivity index (χ0v) is 15.3. The van der Waals surface area contributed by atoms with Crippen LogP contribution in [0.15, 0.2) is 35.4 Å². The highest BCUT2D eigenvalue weighted by atomic mass is 32.1. The topological polar surface area (TPSA) is 77.3 Å². The number of ether oxygens (including phenoxy) is 1. The minimum atomic E-state index is -0.139. The number of rotatable bonds is 2. The van der Waals surface area contributed by atoms with Gasteiger partial charge in [0, 0.05) is 25.0 Å². The van der Waals surface area contributed by atoms with E-state index in [1.165, 1.54) is 28.3 Å². The summed E-state index contributed by atoms with van der Waals surface area (Å²) in [6, 6.07) is 7.13. The maximum atomic E-state index is 12.8. The normalized spacial score (nSPS) is 17.6. The van der Waals surface area contributed by atoms with E-state index < -0.39 is 0 Å². The van der Waals surface area contributed by atoms with Crippen LogP contribution in [0.2, 0.25) is 0 Å². The number of carbonyl (C=O) groups is 1. The number of aryl methyl sites for hydroxylation is 1. The van der Waals surface area contributed by atoms with E-state index in [1.807, 2.05) is 30.0 Å². The molecule has 0 bridgehead atoms. The number of thiophene rings is 1. The summed E-state index contributed by atoms with van der Waals surface area (Å²) in [5.41, 5.74) is 1.01. The molecule has 0 spiro atoms. The predicted molar refractivity (Wildman–Crippen MR) is 99.4 cm³/mol. The number of pyridine rings is 1. The second-order valence-electron chi connectivity index (χ2n) is 6.35. The van der Waals surface area contributed by atoms with E-state index in [-0.39, 0.29) is 17.5 Å². The average molecular weight is 370 g/mol. The molecule has 1 atom stereocenters. The summed E-state index contributed by atoms with van der Waals surface area (Å²) >= 11 is 1.36. The van der Waals surface area contributed by atoms with Crippen LogP contribution in [0.5, 0.6) is 0 Å². The van der Waals surface area contributed by atoms with Crippen LogP contribution < -0.4 is 5.56 Å². The quantitative estimate of drug-likeness (QED) is 0.689. The highest BCUT2D eigenvalue weighted by Crippen LogP contribution is 2.28. The van der Waals surface area contributed by atoms with Gasteiger partial charge in [-0.3, -0.25) is 9.59 Å². The Morgan fingerprint density at radius 3 is 2.92 bits per heavy atom. The van der Waals surface area contributed by atoms with E-state index in [1.54, 1.807) is 7.05 Å². The fourth-order valence-corrected chi connectivity index (χ4v) is 3.93. The Hall–Kier alpha value is -2.58. The van der Waals surface area contributed by atoms with Gasteiger partial charge in [-0.15, -0.1) is 11.3 Å². The van der Waals surface area contributed by atoms with Crippen LogP contribution in [0.3, 0.4) is 0 Å². The van der Waals surface area contributed by atoms with Gasteiger partial charge in [0.2, 0.25) is 0 Å². The van der Waals surface area contributed by atoms with Crippen molar-refractivity contribution < 1.29 is 9.53 Å². The molecule has 3 aromatic rings. The molecule has 1 aliphatic heterocycles. The van der Waals surface area contributed by atoms with Gasteiger partial charge in [-0.05, 0) is 25.1 Å². The van der Waals surface area contributed by atoms with Gasteiger partial charge in [-0.1, -0.05) is 0 Å². The summed E-state index contributed by atoms with van der Waals surface area (Å²) in [6.07, 6.45) is 1.48. The summed E-state index contributed by atoms with van der Waals surface area (Å²) in [7, 11) is 1.65. The second-order valence-corrected chi connectivity index (χ2v) is 7.38. The van der Waals surface area contributed by atoms with E-state index in [0.29, 0.717) is 36.0 Å². The van der Waals surface area contributed by atoms with Gasteiger partial charge in [-0.25, -0.2) is 9.97 Å². The molecule has 1 amide bonds. The summed E-state index contributed by atoms with van der Waals surface area (Å²) < 4.78 is 6.81. The highest BCUT2D eigenvalue weighted by molar-refractivity contribution is 7.20. The molecule has 4 rings (SSSR count). The van der Waals surface area contributed by atoms with Gasteiger partial charge in [0.15, 0.2) is 0 Å². The fraction of sp³-hybridized carbons (Fsp3) is 0.333. The standard InChI is InChI=1S/C18H18N4O3S/c1-11-9-25-6-5-22(11)18(24)15-7-12-3-4-13(20-17(12)26-15)14-8-16(23)21(2)10-19-14/h3-4,7-8,10-11H,5-6,9H2,1-2H3/t11-/m0/s1. The Bertz CT molecular complexity index is 1040. The zero-order chi connectivity index (χ0) is 18.3. The van der Waals surface area contributed by atoms with Crippen LogP contribution in [0.4, 0.5) is 0 Å². The molecule has 0 N–H and O–H groups in total. The molecule has 0 unspecified atom stereocenters. The van der Waals surface area contributed by atoms with E-state index in [0.717, 1.165) is 10.2 Å². The van der Waals surface area contributed by atoms with Gasteiger partial charge < -0.3 is 14.2 Å². The van der Waals surface area contributed by atoms with Crippen molar-refractivity contribution in [2.45, 2.75) is 13.0 Å². The summed E-state index contributed by atoms with van der Waals surface area (Å²) in [4.78, 5) is 36.7. The molecule has 0 saturated carbocycles. The van der Waals surface area contributed by atoms with Crippen molar-refractivity contribution >= 4 is 27.5 Å². The van der Waals surface area contributed by atoms with Gasteiger partial charge in [0.05, 0.1) is 41.8 Å². The predicted octanol–water partition coefficient (Wildman–Crippen LogP) is 1.92. The molecule has 8 heteroatoms. The van der Waals surface area contributed by atoms with Crippen LogP contribution >= 0.6 is 11.3 Å². The van der Waals surface area contributed by atoms with E-state index in [9.17, 15) is 9.59 Å². The molecular formula is C18H18N4O3S. The number of carbonyl (C=O) groups excluding carboxylic acids is 1. The maximum absolute atomic E-state index is 12.8. The van der Waals surface area contributed by atoms with Gasteiger partial charge in [-0.2, -0.15) is 0 Å². The monoisotopic (exact) mass is 370 g/mol. The van der Waals surface area contributed by atoms with Gasteiger partial charge in [0.1, 0.15) is 4.83 Å². The summed E-state index contributed by atoms with van der Waals surface area (Å²) in [5, 5.41) is 0.909. The van der Waals surface area contributed by atoms with Gasteiger partial charge >= 0.3 is 0 Å². The molecule has 26 heavy (non-hydrogen) atoms. The highest BCUT2D eigenvalue weighted by Gasteiger charge is 2.26. The SMILES string of the molecule is C[C@H]1COCCN1C(=O)c1cc2ccc(-c3cc(=O)n(C)cn3)nc2s1. The van der Waals surface area contributed by atoms with Crippen LogP contribution in [-0.2, 0) is 11.8 Å². The number of amides is 1. The van der Waals surface area contributed by atoms with E-state index >= 15 is 0 Å². The molecular weight excluding hydrogens is 352 g/mol. The second kappa shape index (κ2) is 6.62. The largest absolute Gasteiger partial charge is 0.377 e. The Balaban J connectivity index is 1.68. The third-order valence-electron chi connectivity index (χ3n) is 4.46. The minimum absolute atomic E-state index is 0.0112. The minimum Gasteiger partial charge on any atom is -0.377 e. The van der Waals surface area contributed by atoms with E-state index in [2.05, 4.69) is 9.97 Å². The fourth-order valence-electron chi connectivity index (χ4n) is 2.94. The van der Waals surface area contributed by atoms with Crippen molar-refractivity contribution in [1.29, 1.82) is 0 Å². The number of hydrogen-bond donors (Lipinski definition) is 0. The lowest BCUT2D eigenvalue weighted by Crippen LogP contribution is -2.46. The maximum Gasteiger partial charge on any atom is 0.264 e. The number of morpholine rings is 1. The number of hydrogen-bond acceptors (Lipinski definition) is 6. The lowest BCUT2D eigenvalue weighted by Gasteiger charge is -2.32.